The molecule has 4 aromatic rings. The van der Waals surface area contributed by atoms with Gasteiger partial charge < -0.3 is 10.4 Å². The van der Waals surface area contributed by atoms with E-state index in [1.54, 1.807) is 18.2 Å². The third-order valence-corrected chi connectivity index (χ3v) is 6.76. The number of nitrogens with two attached hydrogens (primary N) is 1. The predicted octanol–water partition coefficient (Wildman–Crippen LogP) is 3.35. The Morgan fingerprint density at radius 2 is 1.78 bits per heavy atom. The third kappa shape index (κ3) is 4.86. The zero-order valence-electron chi connectivity index (χ0n) is 20.0. The maximum absolute atomic E-state index is 13.5. The molecule has 9 nitrogen and oxygen atoms in total. The summed E-state index contributed by atoms with van der Waals surface area (Å²) in [5.74, 6) is -1.52. The lowest BCUT2D eigenvalue weighted by Gasteiger charge is -2.21. The van der Waals surface area contributed by atoms with Gasteiger partial charge >= 0.3 is 0 Å². The van der Waals surface area contributed by atoms with E-state index in [-0.39, 0.29) is 33.6 Å². The Morgan fingerprint density at radius 1 is 1.08 bits per heavy atom. The first kappa shape index (κ1) is 25.1. The fraction of sp³-hybridized carbons (Fsp3) is 0.192. The largest absolute Gasteiger partial charge is 0.506 e. The van der Waals surface area contributed by atoms with Crippen LogP contribution in [0.15, 0.2) is 76.6 Å². The number of amides is 1. The van der Waals surface area contributed by atoms with Crippen LogP contribution in [0.25, 0.3) is 11.0 Å². The molecule has 186 valence electrons. The molecule has 2 aromatic carbocycles. The van der Waals surface area contributed by atoms with Crippen LogP contribution in [0.1, 0.15) is 42.3 Å². The molecule has 0 aliphatic rings. The lowest BCUT2D eigenvalue weighted by molar-refractivity contribution is 0.102. The number of pyridine rings is 2. The van der Waals surface area contributed by atoms with Crippen molar-refractivity contribution in [1.29, 1.82) is 0 Å². The van der Waals surface area contributed by atoms with Crippen LogP contribution in [-0.2, 0) is 22.0 Å². The van der Waals surface area contributed by atoms with E-state index in [0.717, 1.165) is 5.56 Å². The van der Waals surface area contributed by atoms with Gasteiger partial charge in [-0.2, -0.15) is 0 Å². The second-order valence-corrected chi connectivity index (χ2v) is 11.0. The molecular formula is C26H26N4O5S. The van der Waals surface area contributed by atoms with Crippen LogP contribution in [0.4, 0.5) is 5.69 Å². The lowest BCUT2D eigenvalue weighted by atomic mass is 9.87. The van der Waals surface area contributed by atoms with Gasteiger partial charge in [0.25, 0.3) is 11.5 Å². The Kier molecular flexibility index (Phi) is 6.42. The van der Waals surface area contributed by atoms with E-state index >= 15 is 0 Å². The lowest BCUT2D eigenvalue weighted by Crippen LogP contribution is -2.31. The molecule has 0 saturated carbocycles. The Balaban J connectivity index is 1.85. The Bertz CT molecular complexity index is 1640. The van der Waals surface area contributed by atoms with Crippen molar-refractivity contribution >= 4 is 32.7 Å². The molecule has 2 heterocycles. The number of nitrogens with one attached hydrogen (secondary N) is 1. The van der Waals surface area contributed by atoms with Crippen LogP contribution < -0.4 is 16.0 Å². The summed E-state index contributed by atoms with van der Waals surface area (Å²) in [7, 11) is -4.22. The highest BCUT2D eigenvalue weighted by Gasteiger charge is 2.26. The minimum atomic E-state index is -4.22. The highest BCUT2D eigenvalue weighted by Crippen LogP contribution is 2.31. The highest BCUT2D eigenvalue weighted by atomic mass is 32.2. The van der Waals surface area contributed by atoms with Crippen molar-refractivity contribution in [2.45, 2.75) is 37.6 Å². The quantitative estimate of drug-likeness (QED) is 0.379. The summed E-state index contributed by atoms with van der Waals surface area (Å²) in [6, 6.07) is 16.7. The van der Waals surface area contributed by atoms with Crippen molar-refractivity contribution in [3.8, 4) is 5.75 Å². The van der Waals surface area contributed by atoms with Gasteiger partial charge in [-0.1, -0.05) is 57.2 Å². The number of fused-ring (bicyclic) bond motifs is 1. The maximum Gasteiger partial charge on any atom is 0.269 e. The summed E-state index contributed by atoms with van der Waals surface area (Å²) in [4.78, 5) is 30.7. The average Bonchev–Trinajstić information content (AvgIpc) is 2.81. The van der Waals surface area contributed by atoms with E-state index in [2.05, 4.69) is 10.3 Å². The molecule has 4 rings (SSSR count). The van der Waals surface area contributed by atoms with E-state index in [4.69, 9.17) is 5.14 Å². The zero-order chi connectivity index (χ0) is 26.3. The first-order valence-electron chi connectivity index (χ1n) is 11.1. The normalized spacial score (nSPS) is 12.0. The molecule has 0 aliphatic heterocycles. The standard InChI is InChI=1S/C26H26N4O5S/c1-26(2,3)17-11-12-19(20(14-17)36(27,34)35)29-24(32)21-22(31)18-10-7-13-28-23(18)30(25(21)33)15-16-8-5-4-6-9-16/h4-14,31H,15H2,1-3H3,(H,29,32)(H2,27,34,35). The van der Waals surface area contributed by atoms with Gasteiger partial charge in [-0.25, -0.2) is 18.5 Å². The van der Waals surface area contributed by atoms with Crippen molar-refractivity contribution in [3.05, 3.63) is 93.9 Å². The summed E-state index contributed by atoms with van der Waals surface area (Å²) >= 11 is 0. The number of hydrogen-bond donors (Lipinski definition) is 3. The smallest absolute Gasteiger partial charge is 0.269 e. The summed E-state index contributed by atoms with van der Waals surface area (Å²) in [6.07, 6.45) is 1.48. The highest BCUT2D eigenvalue weighted by molar-refractivity contribution is 7.89. The summed E-state index contributed by atoms with van der Waals surface area (Å²) in [5, 5.41) is 19.0. The van der Waals surface area contributed by atoms with Crippen LogP contribution in [0.5, 0.6) is 5.75 Å². The molecule has 0 spiro atoms. The van der Waals surface area contributed by atoms with E-state index in [1.807, 2.05) is 51.1 Å². The molecule has 0 radical (unpaired) electrons. The van der Waals surface area contributed by atoms with Gasteiger partial charge in [0.05, 0.1) is 17.6 Å². The predicted molar refractivity (Wildman–Crippen MR) is 138 cm³/mol. The van der Waals surface area contributed by atoms with Crippen LogP contribution in [0, 0.1) is 0 Å². The van der Waals surface area contributed by atoms with Gasteiger partial charge in [0.2, 0.25) is 10.0 Å². The fourth-order valence-electron chi connectivity index (χ4n) is 3.89. The number of anilines is 1. The minimum absolute atomic E-state index is 0.102. The van der Waals surface area contributed by atoms with Gasteiger partial charge in [-0.05, 0) is 40.8 Å². The molecule has 0 bridgehead atoms. The number of carbonyl (C=O) groups is 1. The third-order valence-electron chi connectivity index (χ3n) is 5.81. The summed E-state index contributed by atoms with van der Waals surface area (Å²) in [5.41, 5.74) is -0.102. The van der Waals surface area contributed by atoms with Crippen molar-refractivity contribution in [2.75, 3.05) is 5.32 Å². The summed E-state index contributed by atoms with van der Waals surface area (Å²) in [6.45, 7) is 5.83. The molecule has 1 amide bonds. The van der Waals surface area contributed by atoms with Gasteiger partial charge in [-0.15, -0.1) is 0 Å². The Morgan fingerprint density at radius 3 is 2.42 bits per heavy atom. The van der Waals surface area contributed by atoms with Gasteiger partial charge in [0.1, 0.15) is 21.9 Å². The molecule has 36 heavy (non-hydrogen) atoms. The summed E-state index contributed by atoms with van der Waals surface area (Å²) < 4.78 is 25.9. The molecule has 2 aromatic heterocycles. The molecule has 0 aliphatic carbocycles. The number of carbonyl (C=O) groups excluding carboxylic acids is 1. The Labute approximate surface area is 208 Å². The number of benzene rings is 2. The SMILES string of the molecule is CC(C)(C)c1ccc(NC(=O)c2c(O)c3cccnc3n(Cc3ccccc3)c2=O)c(S(N)(=O)=O)c1. The van der Waals surface area contributed by atoms with Crippen molar-refractivity contribution in [1.82, 2.24) is 9.55 Å². The van der Waals surface area contributed by atoms with E-state index < -0.39 is 32.8 Å². The van der Waals surface area contributed by atoms with Crippen molar-refractivity contribution < 1.29 is 18.3 Å². The molecule has 0 fully saturated rings. The number of rotatable bonds is 5. The second kappa shape index (κ2) is 9.21. The average molecular weight is 507 g/mol. The maximum atomic E-state index is 13.5. The van der Waals surface area contributed by atoms with Gasteiger partial charge in [0.15, 0.2) is 0 Å². The number of primary sulfonamides is 1. The van der Waals surface area contributed by atoms with E-state index in [1.165, 1.54) is 22.9 Å². The molecular weight excluding hydrogens is 480 g/mol. The number of aromatic hydroxyl groups is 1. The van der Waals surface area contributed by atoms with Crippen LogP contribution in [-0.4, -0.2) is 29.0 Å². The molecule has 0 unspecified atom stereocenters. The number of aromatic nitrogens is 2. The van der Waals surface area contributed by atoms with Crippen LogP contribution >= 0.6 is 0 Å². The number of nitrogens with zero attached hydrogens (tertiary/aromatic N) is 2. The molecule has 10 heteroatoms. The molecule has 0 saturated heterocycles. The monoisotopic (exact) mass is 506 g/mol. The number of hydrogen-bond acceptors (Lipinski definition) is 6. The molecule has 4 N–H and O–H groups in total. The number of sulfonamides is 1. The van der Waals surface area contributed by atoms with E-state index in [0.29, 0.717) is 5.56 Å². The zero-order valence-corrected chi connectivity index (χ0v) is 20.8. The van der Waals surface area contributed by atoms with E-state index in [9.17, 15) is 23.1 Å². The van der Waals surface area contributed by atoms with Crippen LogP contribution in [0.3, 0.4) is 0 Å². The van der Waals surface area contributed by atoms with Crippen molar-refractivity contribution in [2.24, 2.45) is 5.14 Å². The topological polar surface area (TPSA) is 144 Å². The fourth-order valence-corrected chi connectivity index (χ4v) is 4.61. The first-order valence-corrected chi connectivity index (χ1v) is 12.7. The first-order chi connectivity index (χ1) is 16.9. The van der Waals surface area contributed by atoms with Crippen molar-refractivity contribution in [3.63, 3.8) is 0 Å². The minimum Gasteiger partial charge on any atom is -0.506 e. The Hall–Kier alpha value is -4.02. The van der Waals surface area contributed by atoms with Crippen LogP contribution in [0.2, 0.25) is 0 Å². The van der Waals surface area contributed by atoms with Gasteiger partial charge in [-0.3, -0.25) is 14.2 Å². The van der Waals surface area contributed by atoms with Gasteiger partial charge in [0, 0.05) is 6.20 Å². The second-order valence-electron chi connectivity index (χ2n) is 9.44. The molecule has 0 atom stereocenters.